The van der Waals surface area contributed by atoms with Gasteiger partial charge < -0.3 is 14.6 Å². The molecule has 3 atom stereocenters. The molecule has 1 aliphatic heterocycles. The van der Waals surface area contributed by atoms with E-state index in [1.807, 2.05) is 0 Å². The fourth-order valence-electron chi connectivity index (χ4n) is 2.01. The fourth-order valence-corrected chi connectivity index (χ4v) is 2.01. The Morgan fingerprint density at radius 3 is 3.08 bits per heavy atom. The summed E-state index contributed by atoms with van der Waals surface area (Å²) in [5.74, 6) is 0.174. The molecular formula is C9H12O4. The zero-order chi connectivity index (χ0) is 9.64. The fraction of sp³-hybridized carbons (Fsp3) is 0.667. The minimum absolute atomic E-state index is 0.0223. The van der Waals surface area contributed by atoms with Gasteiger partial charge in [0.2, 0.25) is 0 Å². The quantitative estimate of drug-likeness (QED) is 0.626. The number of hydrogen-bond donors (Lipinski definition) is 1. The van der Waals surface area contributed by atoms with E-state index in [4.69, 9.17) is 9.47 Å². The van der Waals surface area contributed by atoms with E-state index in [1.165, 1.54) is 13.2 Å². The normalized spacial score (nSPS) is 43.3. The monoisotopic (exact) mass is 184 g/mol. The number of ether oxygens (including phenoxy) is 2. The molecule has 0 aromatic heterocycles. The third kappa shape index (κ3) is 0.957. The molecule has 0 bridgehead atoms. The largest absolute Gasteiger partial charge is 0.500 e. The molecule has 0 radical (unpaired) electrons. The van der Waals surface area contributed by atoms with Crippen LogP contribution in [0.3, 0.4) is 0 Å². The number of allylic oxidation sites excluding steroid dienone is 1. The number of aliphatic hydroxyl groups is 1. The van der Waals surface area contributed by atoms with E-state index in [1.54, 1.807) is 6.92 Å². The van der Waals surface area contributed by atoms with Gasteiger partial charge in [-0.1, -0.05) is 0 Å². The molecule has 0 saturated carbocycles. The Balaban J connectivity index is 2.38. The molecule has 2 rings (SSSR count). The Kier molecular flexibility index (Phi) is 1.72. The molecule has 4 heteroatoms. The smallest absolute Gasteiger partial charge is 0.168 e. The van der Waals surface area contributed by atoms with Crippen LogP contribution >= 0.6 is 0 Å². The molecule has 1 heterocycles. The zero-order valence-electron chi connectivity index (χ0n) is 7.61. The number of fused-ring (bicyclic) bond motifs is 1. The summed E-state index contributed by atoms with van der Waals surface area (Å²) in [6.45, 7) is 2.06. The lowest BCUT2D eigenvalue weighted by molar-refractivity contribution is -0.123. The highest BCUT2D eigenvalue weighted by Gasteiger charge is 2.56. The van der Waals surface area contributed by atoms with Crippen LogP contribution < -0.4 is 0 Å². The number of methoxy groups -OCH3 is 1. The molecule has 1 aliphatic carbocycles. The maximum atomic E-state index is 11.5. The van der Waals surface area contributed by atoms with Crippen LogP contribution in [0.2, 0.25) is 0 Å². The standard InChI is InChI=1S/C9H12O4/c1-9-4-13-8(11)7(9)5(12-2)3-6(9)10/h3,7-8,11H,4H2,1-2H3/t7-,8-,9-/m0/s1. The lowest BCUT2D eigenvalue weighted by Gasteiger charge is -2.21. The van der Waals surface area contributed by atoms with Gasteiger partial charge in [-0.2, -0.15) is 0 Å². The van der Waals surface area contributed by atoms with Crippen LogP contribution in [0.25, 0.3) is 0 Å². The van der Waals surface area contributed by atoms with Crippen LogP contribution in [0.5, 0.6) is 0 Å². The Labute approximate surface area is 76.1 Å². The summed E-state index contributed by atoms with van der Waals surface area (Å²) in [5.41, 5.74) is -0.620. The van der Waals surface area contributed by atoms with Crippen molar-refractivity contribution in [3.63, 3.8) is 0 Å². The molecule has 72 valence electrons. The first kappa shape index (κ1) is 8.72. The van der Waals surface area contributed by atoms with Crippen molar-refractivity contribution < 1.29 is 19.4 Å². The third-order valence-electron chi connectivity index (χ3n) is 2.90. The van der Waals surface area contributed by atoms with Crippen LogP contribution in [0, 0.1) is 11.3 Å². The Bertz CT molecular complexity index is 283. The van der Waals surface area contributed by atoms with Crippen LogP contribution in [0.4, 0.5) is 0 Å². The van der Waals surface area contributed by atoms with E-state index in [2.05, 4.69) is 0 Å². The maximum Gasteiger partial charge on any atom is 0.168 e. The lowest BCUT2D eigenvalue weighted by atomic mass is 9.80. The number of hydrogen-bond acceptors (Lipinski definition) is 4. The summed E-state index contributed by atoms with van der Waals surface area (Å²) >= 11 is 0. The highest BCUT2D eigenvalue weighted by atomic mass is 16.6. The molecule has 0 spiro atoms. The topological polar surface area (TPSA) is 55.8 Å². The van der Waals surface area contributed by atoms with Gasteiger partial charge in [-0.05, 0) is 6.92 Å². The van der Waals surface area contributed by atoms with Gasteiger partial charge in [0.05, 0.1) is 25.0 Å². The number of carbonyl (C=O) groups is 1. The summed E-state index contributed by atoms with van der Waals surface area (Å²) in [4.78, 5) is 11.5. The summed E-state index contributed by atoms with van der Waals surface area (Å²) in [6.07, 6.45) is 0.541. The van der Waals surface area contributed by atoms with Gasteiger partial charge in [-0.15, -0.1) is 0 Å². The van der Waals surface area contributed by atoms with Crippen molar-refractivity contribution in [2.75, 3.05) is 13.7 Å². The zero-order valence-corrected chi connectivity index (χ0v) is 7.61. The van der Waals surface area contributed by atoms with Gasteiger partial charge >= 0.3 is 0 Å². The molecular weight excluding hydrogens is 172 g/mol. The summed E-state index contributed by atoms with van der Waals surface area (Å²) in [5, 5.41) is 9.49. The molecule has 0 aromatic rings. The Hall–Kier alpha value is -0.870. The molecule has 0 amide bonds. The average molecular weight is 184 g/mol. The predicted molar refractivity (Wildman–Crippen MR) is 43.7 cm³/mol. The van der Waals surface area contributed by atoms with E-state index >= 15 is 0 Å². The van der Waals surface area contributed by atoms with Crippen molar-refractivity contribution in [3.8, 4) is 0 Å². The number of rotatable bonds is 1. The lowest BCUT2D eigenvalue weighted by Crippen LogP contribution is -2.32. The maximum absolute atomic E-state index is 11.5. The first-order chi connectivity index (χ1) is 6.09. The second kappa shape index (κ2) is 2.56. The molecule has 1 saturated heterocycles. The molecule has 0 unspecified atom stereocenters. The molecule has 13 heavy (non-hydrogen) atoms. The van der Waals surface area contributed by atoms with E-state index in [9.17, 15) is 9.90 Å². The predicted octanol–water partition coefficient (Wildman–Crippen LogP) is 0.0705. The van der Waals surface area contributed by atoms with Crippen molar-refractivity contribution in [1.82, 2.24) is 0 Å². The SMILES string of the molecule is COC1=CC(=O)[C@]2(C)CO[C@H](O)[C@H]12. The molecule has 2 aliphatic rings. The number of aliphatic hydroxyl groups excluding tert-OH is 1. The van der Waals surface area contributed by atoms with Crippen LogP contribution in [0.1, 0.15) is 6.92 Å². The first-order valence-corrected chi connectivity index (χ1v) is 4.19. The number of carbonyl (C=O) groups excluding carboxylic acids is 1. The summed E-state index contributed by atoms with van der Waals surface area (Å²) in [6, 6.07) is 0. The highest BCUT2D eigenvalue weighted by Crippen LogP contribution is 2.47. The van der Waals surface area contributed by atoms with Crippen LogP contribution in [0.15, 0.2) is 11.8 Å². The minimum atomic E-state index is -0.914. The van der Waals surface area contributed by atoms with Crippen molar-refractivity contribution >= 4 is 5.78 Å². The number of ketones is 1. The van der Waals surface area contributed by atoms with Gasteiger partial charge in [0.15, 0.2) is 12.1 Å². The molecule has 1 N–H and O–H groups in total. The van der Waals surface area contributed by atoms with E-state index in [-0.39, 0.29) is 18.3 Å². The molecule has 4 nitrogen and oxygen atoms in total. The first-order valence-electron chi connectivity index (χ1n) is 4.19. The van der Waals surface area contributed by atoms with Gasteiger partial charge in [0, 0.05) is 6.08 Å². The highest BCUT2D eigenvalue weighted by molar-refractivity contribution is 5.98. The van der Waals surface area contributed by atoms with Crippen LogP contribution in [-0.4, -0.2) is 30.9 Å². The van der Waals surface area contributed by atoms with Crippen molar-refractivity contribution in [2.24, 2.45) is 11.3 Å². The Morgan fingerprint density at radius 2 is 2.46 bits per heavy atom. The van der Waals surface area contributed by atoms with Gasteiger partial charge in [-0.3, -0.25) is 4.79 Å². The van der Waals surface area contributed by atoms with Gasteiger partial charge in [0.1, 0.15) is 5.76 Å². The summed E-state index contributed by atoms with van der Waals surface area (Å²) < 4.78 is 10.1. The van der Waals surface area contributed by atoms with E-state index < -0.39 is 11.7 Å². The molecule has 0 aromatic carbocycles. The third-order valence-corrected chi connectivity index (χ3v) is 2.90. The second-order valence-electron chi connectivity index (χ2n) is 3.71. The van der Waals surface area contributed by atoms with Crippen molar-refractivity contribution in [3.05, 3.63) is 11.8 Å². The average Bonchev–Trinajstić information content (AvgIpc) is 2.52. The second-order valence-corrected chi connectivity index (χ2v) is 3.71. The summed E-state index contributed by atoms with van der Waals surface area (Å²) in [7, 11) is 1.50. The Morgan fingerprint density at radius 1 is 1.77 bits per heavy atom. The van der Waals surface area contributed by atoms with Gasteiger partial charge in [0.25, 0.3) is 0 Å². The van der Waals surface area contributed by atoms with Crippen LogP contribution in [-0.2, 0) is 14.3 Å². The van der Waals surface area contributed by atoms with E-state index in [0.717, 1.165) is 0 Å². The van der Waals surface area contributed by atoms with Crippen molar-refractivity contribution in [1.29, 1.82) is 0 Å². The molecule has 1 fully saturated rings. The van der Waals surface area contributed by atoms with Crippen molar-refractivity contribution in [2.45, 2.75) is 13.2 Å². The minimum Gasteiger partial charge on any atom is -0.500 e. The van der Waals surface area contributed by atoms with Gasteiger partial charge in [-0.25, -0.2) is 0 Å². The van der Waals surface area contributed by atoms with E-state index in [0.29, 0.717) is 5.76 Å².